The number of rotatable bonds is 12. The van der Waals surface area contributed by atoms with Crippen molar-refractivity contribution in [1.29, 1.82) is 0 Å². The van der Waals surface area contributed by atoms with Gasteiger partial charge in [-0.25, -0.2) is 0 Å². The van der Waals surface area contributed by atoms with Gasteiger partial charge < -0.3 is 29.8 Å². The Morgan fingerprint density at radius 2 is 1.39 bits per heavy atom. The summed E-state index contributed by atoms with van der Waals surface area (Å²) in [4.78, 5) is 24.5. The van der Waals surface area contributed by atoms with Crippen LogP contribution in [0, 0.1) is 0 Å². The van der Waals surface area contributed by atoms with E-state index in [-0.39, 0.29) is 18.4 Å². The van der Waals surface area contributed by atoms with Gasteiger partial charge in [-0.2, -0.15) is 0 Å². The number of amides is 2. The fourth-order valence-electron chi connectivity index (χ4n) is 3.28. The van der Waals surface area contributed by atoms with Crippen LogP contribution in [0.1, 0.15) is 16.1 Å². The molecular weight excluding hydrogens is 458 g/mol. The minimum Gasteiger partial charge on any atom is -0.490 e. The van der Waals surface area contributed by atoms with Crippen LogP contribution in [0.25, 0.3) is 0 Å². The predicted octanol–water partition coefficient (Wildman–Crippen LogP) is 4.72. The minimum absolute atomic E-state index is 0.0938. The molecule has 4 aromatic rings. The number of benzene rings is 3. The second kappa shape index (κ2) is 12.7. The van der Waals surface area contributed by atoms with Crippen LogP contribution in [0.15, 0.2) is 102 Å². The zero-order chi connectivity index (χ0) is 25.0. The number of hydrogen-bond donors (Lipinski definition) is 3. The summed E-state index contributed by atoms with van der Waals surface area (Å²) in [7, 11) is 0. The molecule has 0 aliphatic rings. The molecule has 3 N–H and O–H groups in total. The third-order valence-electron chi connectivity index (χ3n) is 5.11. The maximum Gasteiger partial charge on any atom is 0.251 e. The first-order valence-electron chi connectivity index (χ1n) is 11.5. The van der Waals surface area contributed by atoms with Crippen LogP contribution >= 0.6 is 0 Å². The third kappa shape index (κ3) is 7.66. The molecule has 0 saturated carbocycles. The Morgan fingerprint density at radius 1 is 0.722 bits per heavy atom. The van der Waals surface area contributed by atoms with E-state index in [2.05, 4.69) is 16.0 Å². The zero-order valence-corrected chi connectivity index (χ0v) is 19.6. The van der Waals surface area contributed by atoms with Gasteiger partial charge in [-0.3, -0.25) is 9.59 Å². The summed E-state index contributed by atoms with van der Waals surface area (Å²) >= 11 is 0. The van der Waals surface area contributed by atoms with Crippen LogP contribution in [0.4, 0.5) is 11.4 Å². The van der Waals surface area contributed by atoms with E-state index in [1.165, 1.54) is 0 Å². The summed E-state index contributed by atoms with van der Waals surface area (Å²) in [6.45, 7) is 1.28. The average molecular weight is 486 g/mol. The van der Waals surface area contributed by atoms with Gasteiger partial charge in [0, 0.05) is 16.9 Å². The molecule has 4 rings (SSSR count). The Hall–Kier alpha value is -4.72. The van der Waals surface area contributed by atoms with Gasteiger partial charge in [0.2, 0.25) is 5.91 Å². The van der Waals surface area contributed by atoms with E-state index in [1.54, 1.807) is 42.7 Å². The number of ether oxygens (including phenoxy) is 2. The number of nitrogens with one attached hydrogen (secondary N) is 3. The lowest BCUT2D eigenvalue weighted by atomic mass is 10.2. The van der Waals surface area contributed by atoms with Gasteiger partial charge in [-0.05, 0) is 72.8 Å². The van der Waals surface area contributed by atoms with E-state index in [0.717, 1.165) is 17.2 Å². The molecule has 0 atom stereocenters. The number of anilines is 2. The molecular formula is C28H27N3O5. The molecule has 8 nitrogen and oxygen atoms in total. The lowest BCUT2D eigenvalue weighted by molar-refractivity contribution is -0.114. The largest absolute Gasteiger partial charge is 0.490 e. The van der Waals surface area contributed by atoms with Crippen LogP contribution < -0.4 is 25.4 Å². The first-order valence-corrected chi connectivity index (χ1v) is 11.5. The molecule has 0 unspecified atom stereocenters. The second-order valence-corrected chi connectivity index (χ2v) is 7.78. The molecule has 8 heteroatoms. The summed E-state index contributed by atoms with van der Waals surface area (Å²) in [6.07, 6.45) is 1.56. The van der Waals surface area contributed by atoms with Crippen LogP contribution in [0.2, 0.25) is 0 Å². The van der Waals surface area contributed by atoms with Crippen molar-refractivity contribution in [3.8, 4) is 11.5 Å². The standard InChI is InChI=1S/C28H27N3O5/c32-27(31-23-10-8-21(9-11-23)28(33)30-19-26-7-4-16-34-26)20-29-22-12-14-25(15-13-22)36-18-17-35-24-5-2-1-3-6-24/h1-16,29H,17-20H2,(H,30,33)(H,31,32). The van der Waals surface area contributed by atoms with Gasteiger partial charge >= 0.3 is 0 Å². The van der Waals surface area contributed by atoms with E-state index in [9.17, 15) is 9.59 Å². The molecule has 0 spiro atoms. The lowest BCUT2D eigenvalue weighted by Gasteiger charge is -2.10. The van der Waals surface area contributed by atoms with Gasteiger partial charge in [0.1, 0.15) is 30.5 Å². The molecule has 1 heterocycles. The molecule has 2 amide bonds. The van der Waals surface area contributed by atoms with Gasteiger partial charge in [0.15, 0.2) is 0 Å². The molecule has 0 aliphatic carbocycles. The molecule has 3 aromatic carbocycles. The van der Waals surface area contributed by atoms with E-state index in [0.29, 0.717) is 36.8 Å². The summed E-state index contributed by atoms with van der Waals surface area (Å²) in [5.41, 5.74) is 1.89. The summed E-state index contributed by atoms with van der Waals surface area (Å²) < 4.78 is 16.5. The predicted molar refractivity (Wildman–Crippen MR) is 137 cm³/mol. The fraction of sp³-hybridized carbons (Fsp3) is 0.143. The highest BCUT2D eigenvalue weighted by atomic mass is 16.5. The van der Waals surface area contributed by atoms with Crippen LogP contribution in [-0.2, 0) is 11.3 Å². The number of carbonyl (C=O) groups is 2. The molecule has 0 bridgehead atoms. The van der Waals surface area contributed by atoms with Gasteiger partial charge in [-0.15, -0.1) is 0 Å². The lowest BCUT2D eigenvalue weighted by Crippen LogP contribution is -2.23. The maximum atomic E-state index is 12.3. The van der Waals surface area contributed by atoms with Gasteiger partial charge in [0.05, 0.1) is 19.4 Å². The van der Waals surface area contributed by atoms with Crippen molar-refractivity contribution < 1.29 is 23.5 Å². The highest BCUT2D eigenvalue weighted by Gasteiger charge is 2.08. The summed E-state index contributed by atoms with van der Waals surface area (Å²) in [6, 6.07) is 27.2. The first kappa shape index (κ1) is 24.4. The van der Waals surface area contributed by atoms with E-state index < -0.39 is 0 Å². The molecule has 0 fully saturated rings. The van der Waals surface area contributed by atoms with Crippen LogP contribution in [0.5, 0.6) is 11.5 Å². The highest BCUT2D eigenvalue weighted by Crippen LogP contribution is 2.16. The zero-order valence-electron chi connectivity index (χ0n) is 19.6. The Labute approximate surface area is 209 Å². The van der Waals surface area contributed by atoms with Crippen molar-refractivity contribution >= 4 is 23.2 Å². The van der Waals surface area contributed by atoms with E-state index >= 15 is 0 Å². The topological polar surface area (TPSA) is 102 Å². The highest BCUT2D eigenvalue weighted by molar-refractivity contribution is 5.96. The Morgan fingerprint density at radius 3 is 2.06 bits per heavy atom. The SMILES string of the molecule is O=C(CNc1ccc(OCCOc2ccccc2)cc1)Nc1ccc(C(=O)NCc2ccco2)cc1. The quantitative estimate of drug-likeness (QED) is 0.251. The van der Waals surface area contributed by atoms with Gasteiger partial charge in [-0.1, -0.05) is 18.2 Å². The van der Waals surface area contributed by atoms with Crippen molar-refractivity contribution in [3.05, 3.63) is 109 Å². The monoisotopic (exact) mass is 485 g/mol. The first-order chi connectivity index (χ1) is 17.7. The Kier molecular flexibility index (Phi) is 8.58. The minimum atomic E-state index is -0.220. The normalized spacial score (nSPS) is 10.3. The Bertz CT molecular complexity index is 1220. The smallest absolute Gasteiger partial charge is 0.251 e. The van der Waals surface area contributed by atoms with Crippen molar-refractivity contribution in [1.82, 2.24) is 5.32 Å². The van der Waals surface area contributed by atoms with Gasteiger partial charge in [0.25, 0.3) is 5.91 Å². The third-order valence-corrected chi connectivity index (χ3v) is 5.11. The molecule has 0 radical (unpaired) electrons. The molecule has 0 aliphatic heterocycles. The van der Waals surface area contributed by atoms with Crippen LogP contribution in [-0.4, -0.2) is 31.6 Å². The van der Waals surface area contributed by atoms with Crippen LogP contribution in [0.3, 0.4) is 0 Å². The summed E-state index contributed by atoms with van der Waals surface area (Å²) in [5, 5.41) is 8.66. The average Bonchev–Trinajstić information content (AvgIpc) is 3.44. The molecule has 36 heavy (non-hydrogen) atoms. The van der Waals surface area contributed by atoms with E-state index in [4.69, 9.17) is 13.9 Å². The number of carbonyl (C=O) groups excluding carboxylic acids is 2. The van der Waals surface area contributed by atoms with E-state index in [1.807, 2.05) is 54.6 Å². The number of hydrogen-bond acceptors (Lipinski definition) is 6. The maximum absolute atomic E-state index is 12.3. The van der Waals surface area contributed by atoms with Crippen molar-refractivity contribution in [2.45, 2.75) is 6.54 Å². The molecule has 184 valence electrons. The molecule has 0 saturated heterocycles. The molecule has 1 aromatic heterocycles. The second-order valence-electron chi connectivity index (χ2n) is 7.78. The van der Waals surface area contributed by atoms with Crippen molar-refractivity contribution in [2.75, 3.05) is 30.4 Å². The number of furan rings is 1. The number of para-hydroxylation sites is 1. The van der Waals surface area contributed by atoms with Crippen molar-refractivity contribution in [2.24, 2.45) is 0 Å². The fourth-order valence-corrected chi connectivity index (χ4v) is 3.28. The summed E-state index contributed by atoms with van der Waals surface area (Å²) in [5.74, 6) is 1.78. The van der Waals surface area contributed by atoms with Crippen molar-refractivity contribution in [3.63, 3.8) is 0 Å². The Balaban J connectivity index is 1.14.